The third-order valence-electron chi connectivity index (χ3n) is 3.01. The highest BCUT2D eigenvalue weighted by atomic mass is 32.2. The maximum absolute atomic E-state index is 11.5. The van der Waals surface area contributed by atoms with Crippen molar-refractivity contribution in [2.24, 2.45) is 5.14 Å². The number of carbonyl (C=O) groups excluding carboxylic acids is 1. The minimum Gasteiger partial charge on any atom is -0.483 e. The van der Waals surface area contributed by atoms with Crippen molar-refractivity contribution in [2.45, 2.75) is 32.6 Å². The van der Waals surface area contributed by atoms with E-state index in [2.05, 4.69) is 5.32 Å². The molecule has 1 amide bonds. The summed E-state index contributed by atoms with van der Waals surface area (Å²) in [6.45, 7) is 7.36. The van der Waals surface area contributed by atoms with Crippen LogP contribution >= 0.6 is 0 Å². The molecule has 0 unspecified atom stereocenters. The summed E-state index contributed by atoms with van der Waals surface area (Å²) in [6, 6.07) is 1.46. The molecule has 0 heterocycles. The molecule has 0 atom stereocenters. The summed E-state index contributed by atoms with van der Waals surface area (Å²) in [4.78, 5) is 11.5. The van der Waals surface area contributed by atoms with Gasteiger partial charge in [-0.1, -0.05) is 0 Å². The number of sulfonamides is 1. The predicted molar refractivity (Wildman–Crippen MR) is 76.2 cm³/mol. The van der Waals surface area contributed by atoms with Gasteiger partial charge in [0.1, 0.15) is 5.75 Å². The molecule has 0 radical (unpaired) electrons. The zero-order valence-electron chi connectivity index (χ0n) is 12.1. The molecule has 112 valence electrons. The van der Waals surface area contributed by atoms with Crippen molar-refractivity contribution in [3.8, 4) is 5.75 Å². The molecule has 20 heavy (non-hydrogen) atoms. The van der Waals surface area contributed by atoms with E-state index in [1.54, 1.807) is 20.8 Å². The summed E-state index contributed by atoms with van der Waals surface area (Å²) in [6.07, 6.45) is 0. The van der Waals surface area contributed by atoms with E-state index in [-0.39, 0.29) is 17.4 Å². The summed E-state index contributed by atoms with van der Waals surface area (Å²) >= 11 is 0. The van der Waals surface area contributed by atoms with Crippen LogP contribution in [0.5, 0.6) is 5.75 Å². The van der Waals surface area contributed by atoms with E-state index >= 15 is 0 Å². The molecule has 0 bridgehead atoms. The largest absolute Gasteiger partial charge is 0.483 e. The van der Waals surface area contributed by atoms with Crippen LogP contribution < -0.4 is 15.2 Å². The van der Waals surface area contributed by atoms with Crippen molar-refractivity contribution in [3.63, 3.8) is 0 Å². The van der Waals surface area contributed by atoms with Gasteiger partial charge in [-0.05, 0) is 50.5 Å². The van der Waals surface area contributed by atoms with Crippen LogP contribution in [0.2, 0.25) is 0 Å². The Balaban J connectivity index is 3.12. The number of benzene rings is 1. The molecule has 0 spiro atoms. The number of nitrogens with one attached hydrogen (secondary N) is 1. The van der Waals surface area contributed by atoms with Gasteiger partial charge in [0.2, 0.25) is 10.0 Å². The van der Waals surface area contributed by atoms with Crippen LogP contribution in [0.1, 0.15) is 23.6 Å². The van der Waals surface area contributed by atoms with Crippen molar-refractivity contribution in [1.29, 1.82) is 0 Å². The second-order valence-electron chi connectivity index (χ2n) is 4.56. The first-order chi connectivity index (χ1) is 9.18. The summed E-state index contributed by atoms with van der Waals surface area (Å²) in [5, 5.41) is 7.80. The Bertz CT molecular complexity index is 624. The van der Waals surface area contributed by atoms with E-state index in [1.165, 1.54) is 6.07 Å². The number of rotatable bonds is 5. The van der Waals surface area contributed by atoms with E-state index in [1.807, 2.05) is 6.92 Å². The topological polar surface area (TPSA) is 98.5 Å². The van der Waals surface area contributed by atoms with Crippen molar-refractivity contribution in [3.05, 3.63) is 22.8 Å². The molecular weight excluding hydrogens is 280 g/mol. The Morgan fingerprint density at radius 1 is 1.30 bits per heavy atom. The number of hydrogen-bond donors (Lipinski definition) is 2. The van der Waals surface area contributed by atoms with Gasteiger partial charge in [-0.15, -0.1) is 0 Å². The number of primary sulfonamides is 1. The highest BCUT2D eigenvalue weighted by Crippen LogP contribution is 2.30. The van der Waals surface area contributed by atoms with Gasteiger partial charge in [0, 0.05) is 6.54 Å². The molecule has 1 aromatic carbocycles. The number of carbonyl (C=O) groups is 1. The fourth-order valence-corrected chi connectivity index (χ4v) is 2.85. The standard InChI is InChI=1S/C13H20N2O4S/c1-5-15-12(16)7-19-13-8(2)6-11(20(14,17)18)9(3)10(13)4/h6H,5,7H2,1-4H3,(H,15,16)(H2,14,17,18). The van der Waals surface area contributed by atoms with Gasteiger partial charge in [-0.2, -0.15) is 0 Å². The van der Waals surface area contributed by atoms with E-state index in [0.717, 1.165) is 0 Å². The molecule has 0 saturated heterocycles. The third-order valence-corrected chi connectivity index (χ3v) is 4.04. The van der Waals surface area contributed by atoms with E-state index in [4.69, 9.17) is 9.88 Å². The van der Waals surface area contributed by atoms with Crippen molar-refractivity contribution in [1.82, 2.24) is 5.32 Å². The number of ether oxygens (including phenoxy) is 1. The Morgan fingerprint density at radius 2 is 1.90 bits per heavy atom. The van der Waals surface area contributed by atoms with Crippen LogP contribution in [0.15, 0.2) is 11.0 Å². The SMILES string of the molecule is CCNC(=O)COc1c(C)cc(S(N)(=O)=O)c(C)c1C. The van der Waals surface area contributed by atoms with Gasteiger partial charge in [0.25, 0.3) is 5.91 Å². The van der Waals surface area contributed by atoms with Crippen molar-refractivity contribution >= 4 is 15.9 Å². The van der Waals surface area contributed by atoms with Crippen LogP contribution in [-0.2, 0) is 14.8 Å². The quantitative estimate of drug-likeness (QED) is 0.839. The first kappa shape index (κ1) is 16.5. The smallest absolute Gasteiger partial charge is 0.257 e. The van der Waals surface area contributed by atoms with Gasteiger partial charge in [-0.25, -0.2) is 13.6 Å². The predicted octanol–water partition coefficient (Wildman–Crippen LogP) is 0.774. The summed E-state index contributed by atoms with van der Waals surface area (Å²) in [5.41, 5.74) is 1.82. The zero-order chi connectivity index (χ0) is 15.5. The monoisotopic (exact) mass is 300 g/mol. The Labute approximate surface area is 119 Å². The molecule has 0 aliphatic rings. The number of hydrogen-bond acceptors (Lipinski definition) is 4. The van der Waals surface area contributed by atoms with E-state index < -0.39 is 10.0 Å². The Morgan fingerprint density at radius 3 is 2.40 bits per heavy atom. The van der Waals surface area contributed by atoms with Gasteiger partial charge in [0.05, 0.1) is 4.90 Å². The van der Waals surface area contributed by atoms with Crippen LogP contribution in [0.3, 0.4) is 0 Å². The van der Waals surface area contributed by atoms with Crippen LogP contribution in [0.4, 0.5) is 0 Å². The fraction of sp³-hybridized carbons (Fsp3) is 0.462. The highest BCUT2D eigenvalue weighted by Gasteiger charge is 2.18. The maximum atomic E-state index is 11.5. The molecule has 6 nitrogen and oxygen atoms in total. The fourth-order valence-electron chi connectivity index (χ4n) is 1.92. The van der Waals surface area contributed by atoms with E-state index in [9.17, 15) is 13.2 Å². The van der Waals surface area contributed by atoms with Gasteiger partial charge >= 0.3 is 0 Å². The number of aryl methyl sites for hydroxylation is 1. The molecule has 0 fully saturated rings. The van der Waals surface area contributed by atoms with Gasteiger partial charge in [-0.3, -0.25) is 4.79 Å². The lowest BCUT2D eigenvalue weighted by Gasteiger charge is -2.16. The van der Waals surface area contributed by atoms with E-state index in [0.29, 0.717) is 29.0 Å². The van der Waals surface area contributed by atoms with Crippen molar-refractivity contribution in [2.75, 3.05) is 13.2 Å². The molecule has 1 rings (SSSR count). The van der Waals surface area contributed by atoms with Crippen molar-refractivity contribution < 1.29 is 17.9 Å². The minimum atomic E-state index is -3.77. The molecule has 0 saturated carbocycles. The highest BCUT2D eigenvalue weighted by molar-refractivity contribution is 7.89. The number of nitrogens with two attached hydrogens (primary N) is 1. The molecule has 0 aromatic heterocycles. The molecule has 0 aliphatic carbocycles. The Kier molecular flexibility index (Phi) is 5.13. The molecule has 1 aromatic rings. The van der Waals surface area contributed by atoms with Crippen LogP contribution in [0.25, 0.3) is 0 Å². The second kappa shape index (κ2) is 6.23. The molecule has 3 N–H and O–H groups in total. The summed E-state index contributed by atoms with van der Waals surface area (Å²) in [7, 11) is -3.77. The molecular formula is C13H20N2O4S. The number of amides is 1. The first-order valence-corrected chi connectivity index (χ1v) is 7.76. The van der Waals surface area contributed by atoms with Gasteiger partial charge in [0.15, 0.2) is 6.61 Å². The lowest BCUT2D eigenvalue weighted by Crippen LogP contribution is -2.28. The maximum Gasteiger partial charge on any atom is 0.257 e. The molecule has 7 heteroatoms. The molecule has 0 aliphatic heterocycles. The first-order valence-electron chi connectivity index (χ1n) is 6.21. The van der Waals surface area contributed by atoms with Crippen LogP contribution in [-0.4, -0.2) is 27.5 Å². The normalized spacial score (nSPS) is 11.2. The number of likely N-dealkylation sites (N-methyl/N-ethyl adjacent to an activating group) is 1. The third kappa shape index (κ3) is 3.71. The Hall–Kier alpha value is -1.60. The second-order valence-corrected chi connectivity index (χ2v) is 6.09. The minimum absolute atomic E-state index is 0.0814. The lowest BCUT2D eigenvalue weighted by molar-refractivity contribution is -0.123. The lowest BCUT2D eigenvalue weighted by atomic mass is 10.1. The van der Waals surface area contributed by atoms with Crippen LogP contribution in [0, 0.1) is 20.8 Å². The summed E-state index contributed by atoms with van der Waals surface area (Å²) in [5.74, 6) is 0.292. The zero-order valence-corrected chi connectivity index (χ0v) is 12.9. The summed E-state index contributed by atoms with van der Waals surface area (Å²) < 4.78 is 28.5. The average Bonchev–Trinajstić information content (AvgIpc) is 2.32. The van der Waals surface area contributed by atoms with Gasteiger partial charge < -0.3 is 10.1 Å². The average molecular weight is 300 g/mol.